The smallest absolute Gasteiger partial charge is 0.219 e. The lowest BCUT2D eigenvalue weighted by atomic mass is 10.1. The average molecular weight is 276 g/mol. The molecule has 0 saturated carbocycles. The van der Waals surface area contributed by atoms with Gasteiger partial charge in [0.05, 0.1) is 0 Å². The first-order valence-corrected chi connectivity index (χ1v) is 8.01. The van der Waals surface area contributed by atoms with Gasteiger partial charge in [0.1, 0.15) is 0 Å². The highest BCUT2D eigenvalue weighted by atomic mass is 35.5. The Kier molecular flexibility index (Phi) is 13.0. The topological polar surface area (TPSA) is 29.1 Å². The average Bonchev–Trinajstić information content (AvgIpc) is 2.33. The van der Waals surface area contributed by atoms with E-state index in [1.165, 1.54) is 38.5 Å². The molecule has 0 heterocycles. The maximum atomic E-state index is 11.5. The van der Waals surface area contributed by atoms with Crippen LogP contribution in [0.4, 0.5) is 0 Å². The fraction of sp³-hybridized carbons (Fsp3) is 0.933. The second kappa shape index (κ2) is 13.2. The number of carbonyl (C=O) groups excluding carboxylic acids is 1. The monoisotopic (exact) mass is 275 g/mol. The van der Waals surface area contributed by atoms with Gasteiger partial charge >= 0.3 is 0 Å². The maximum absolute atomic E-state index is 11.5. The van der Waals surface area contributed by atoms with E-state index in [0.717, 1.165) is 25.8 Å². The third kappa shape index (κ3) is 13.8. The van der Waals surface area contributed by atoms with Crippen LogP contribution < -0.4 is 5.32 Å². The Labute approximate surface area is 118 Å². The van der Waals surface area contributed by atoms with Gasteiger partial charge in [-0.3, -0.25) is 4.79 Å². The van der Waals surface area contributed by atoms with Gasteiger partial charge in [-0.15, -0.1) is 11.6 Å². The van der Waals surface area contributed by atoms with Crippen LogP contribution in [0.1, 0.15) is 78.1 Å². The zero-order chi connectivity index (χ0) is 13.6. The first kappa shape index (κ1) is 17.8. The van der Waals surface area contributed by atoms with Crippen LogP contribution >= 0.6 is 11.6 Å². The van der Waals surface area contributed by atoms with Crippen molar-refractivity contribution in [1.29, 1.82) is 0 Å². The van der Waals surface area contributed by atoms with Crippen LogP contribution in [0.3, 0.4) is 0 Å². The van der Waals surface area contributed by atoms with Gasteiger partial charge in [-0.25, -0.2) is 0 Å². The van der Waals surface area contributed by atoms with Gasteiger partial charge in [0.15, 0.2) is 0 Å². The number of unbranched alkanes of at least 4 members (excludes halogenated alkanes) is 6. The molecule has 0 spiro atoms. The standard InChI is InChI=1S/C15H30ClNO/c1-3-4-5-6-7-8-9-12-15(18)17-13-10-11-14(2)16/h14H,3-13H2,1-2H3,(H,17,18). The Balaban J connectivity index is 3.17. The number of halogens is 1. The van der Waals surface area contributed by atoms with Crippen LogP contribution in [-0.4, -0.2) is 17.8 Å². The van der Waals surface area contributed by atoms with E-state index in [2.05, 4.69) is 12.2 Å². The van der Waals surface area contributed by atoms with Crippen LogP contribution in [-0.2, 0) is 4.79 Å². The quantitative estimate of drug-likeness (QED) is 0.408. The fourth-order valence-electron chi connectivity index (χ4n) is 1.94. The van der Waals surface area contributed by atoms with Crippen molar-refractivity contribution >= 4 is 17.5 Å². The molecule has 1 N–H and O–H groups in total. The fourth-order valence-corrected chi connectivity index (χ4v) is 2.10. The minimum absolute atomic E-state index is 0.200. The summed E-state index contributed by atoms with van der Waals surface area (Å²) in [4.78, 5) is 11.5. The van der Waals surface area contributed by atoms with Crippen molar-refractivity contribution < 1.29 is 4.79 Å². The van der Waals surface area contributed by atoms with Gasteiger partial charge in [-0.1, -0.05) is 45.4 Å². The van der Waals surface area contributed by atoms with Gasteiger partial charge in [0.2, 0.25) is 5.91 Å². The summed E-state index contributed by atoms with van der Waals surface area (Å²) in [5.74, 6) is 0.200. The lowest BCUT2D eigenvalue weighted by Crippen LogP contribution is -2.24. The highest BCUT2D eigenvalue weighted by Gasteiger charge is 2.01. The summed E-state index contributed by atoms with van der Waals surface area (Å²) >= 11 is 5.83. The summed E-state index contributed by atoms with van der Waals surface area (Å²) < 4.78 is 0. The molecule has 0 bridgehead atoms. The molecule has 0 aromatic heterocycles. The SMILES string of the molecule is CCCCCCCCCC(=O)NCCCC(C)Cl. The highest BCUT2D eigenvalue weighted by molar-refractivity contribution is 6.20. The third-order valence-corrected chi connectivity index (χ3v) is 3.33. The molecule has 2 nitrogen and oxygen atoms in total. The Morgan fingerprint density at radius 3 is 2.28 bits per heavy atom. The lowest BCUT2D eigenvalue weighted by Gasteiger charge is -2.06. The molecule has 0 aromatic carbocycles. The number of nitrogens with one attached hydrogen (secondary N) is 1. The summed E-state index contributed by atoms with van der Waals surface area (Å²) in [5, 5.41) is 3.16. The molecule has 0 aliphatic carbocycles. The molecule has 0 aliphatic heterocycles. The maximum Gasteiger partial charge on any atom is 0.219 e. The molecule has 1 unspecified atom stereocenters. The molecule has 108 valence electrons. The first-order valence-electron chi connectivity index (χ1n) is 7.57. The van der Waals surface area contributed by atoms with Gasteiger partial charge in [-0.05, 0) is 26.2 Å². The van der Waals surface area contributed by atoms with Crippen molar-refractivity contribution in [1.82, 2.24) is 5.32 Å². The number of alkyl halides is 1. The van der Waals surface area contributed by atoms with Crippen LogP contribution in [0, 0.1) is 0 Å². The minimum atomic E-state index is 0.200. The van der Waals surface area contributed by atoms with E-state index in [-0.39, 0.29) is 11.3 Å². The lowest BCUT2D eigenvalue weighted by molar-refractivity contribution is -0.121. The molecule has 1 atom stereocenters. The zero-order valence-electron chi connectivity index (χ0n) is 12.1. The van der Waals surface area contributed by atoms with Crippen molar-refractivity contribution in [3.63, 3.8) is 0 Å². The van der Waals surface area contributed by atoms with Gasteiger partial charge in [-0.2, -0.15) is 0 Å². The molecular formula is C15H30ClNO. The van der Waals surface area contributed by atoms with E-state index in [1.54, 1.807) is 0 Å². The van der Waals surface area contributed by atoms with E-state index < -0.39 is 0 Å². The molecule has 0 saturated heterocycles. The van der Waals surface area contributed by atoms with E-state index >= 15 is 0 Å². The normalized spacial score (nSPS) is 12.4. The Bertz CT molecular complexity index is 195. The number of hydrogen-bond acceptors (Lipinski definition) is 1. The van der Waals surface area contributed by atoms with Crippen LogP contribution in [0.5, 0.6) is 0 Å². The zero-order valence-corrected chi connectivity index (χ0v) is 12.9. The summed E-state index contributed by atoms with van der Waals surface area (Å²) in [6.07, 6.45) is 11.4. The summed E-state index contributed by atoms with van der Waals surface area (Å²) in [6.45, 7) is 4.99. The number of amides is 1. The van der Waals surface area contributed by atoms with Gasteiger partial charge in [0.25, 0.3) is 0 Å². The highest BCUT2D eigenvalue weighted by Crippen LogP contribution is 2.08. The Morgan fingerprint density at radius 2 is 1.67 bits per heavy atom. The summed E-state index contributed by atoms with van der Waals surface area (Å²) in [5.41, 5.74) is 0. The largest absolute Gasteiger partial charge is 0.356 e. The number of hydrogen-bond donors (Lipinski definition) is 1. The van der Waals surface area contributed by atoms with E-state index in [9.17, 15) is 4.79 Å². The Morgan fingerprint density at radius 1 is 1.06 bits per heavy atom. The van der Waals surface area contributed by atoms with Crippen LogP contribution in [0.15, 0.2) is 0 Å². The van der Waals surface area contributed by atoms with Crippen molar-refractivity contribution in [2.45, 2.75) is 83.4 Å². The van der Waals surface area contributed by atoms with Crippen LogP contribution in [0.2, 0.25) is 0 Å². The van der Waals surface area contributed by atoms with Gasteiger partial charge in [0, 0.05) is 18.3 Å². The number of carbonyl (C=O) groups is 1. The van der Waals surface area contributed by atoms with Crippen LogP contribution in [0.25, 0.3) is 0 Å². The van der Waals surface area contributed by atoms with Gasteiger partial charge < -0.3 is 5.32 Å². The molecule has 0 fully saturated rings. The molecule has 0 radical (unpaired) electrons. The van der Waals surface area contributed by atoms with Crippen molar-refractivity contribution in [3.05, 3.63) is 0 Å². The molecular weight excluding hydrogens is 246 g/mol. The minimum Gasteiger partial charge on any atom is -0.356 e. The molecule has 0 aromatic rings. The second-order valence-electron chi connectivity index (χ2n) is 5.14. The van der Waals surface area contributed by atoms with Crippen molar-refractivity contribution in [2.24, 2.45) is 0 Å². The first-order chi connectivity index (χ1) is 8.66. The molecule has 18 heavy (non-hydrogen) atoms. The molecule has 0 rings (SSSR count). The van der Waals surface area contributed by atoms with Crippen molar-refractivity contribution in [3.8, 4) is 0 Å². The van der Waals surface area contributed by atoms with E-state index in [0.29, 0.717) is 6.42 Å². The third-order valence-electron chi connectivity index (χ3n) is 3.11. The van der Waals surface area contributed by atoms with E-state index in [4.69, 9.17) is 11.6 Å². The predicted octanol–water partition coefficient (Wildman–Crippen LogP) is 4.65. The predicted molar refractivity (Wildman–Crippen MR) is 80.2 cm³/mol. The number of rotatable bonds is 12. The second-order valence-corrected chi connectivity index (χ2v) is 5.89. The van der Waals surface area contributed by atoms with E-state index in [1.807, 2.05) is 6.92 Å². The Hall–Kier alpha value is -0.240. The molecule has 1 amide bonds. The summed E-state index contributed by atoms with van der Waals surface area (Å²) in [7, 11) is 0. The molecule has 0 aliphatic rings. The summed E-state index contributed by atoms with van der Waals surface area (Å²) in [6, 6.07) is 0. The molecule has 3 heteroatoms. The van der Waals surface area contributed by atoms with Crippen molar-refractivity contribution in [2.75, 3.05) is 6.54 Å².